The molecule has 102 valence electrons. The number of amides is 1. The minimum Gasteiger partial charge on any atom is -0.444 e. The number of aromatic amines is 1. The number of anilines is 1. The average molecular weight is 263 g/mol. The van der Waals surface area contributed by atoms with E-state index in [4.69, 9.17) is 10.5 Å². The molecule has 0 fully saturated rings. The Bertz CT molecular complexity index is 573. The molecule has 0 aliphatic heterocycles. The lowest BCUT2D eigenvalue weighted by molar-refractivity contribution is 0.0535. The zero-order valence-electron chi connectivity index (χ0n) is 11.2. The molecule has 1 amide bonds. The molecule has 0 aromatic carbocycles. The highest BCUT2D eigenvalue weighted by molar-refractivity contribution is 5.68. The monoisotopic (exact) mass is 263 g/mol. The maximum Gasteiger partial charge on any atom is 0.408 e. The zero-order valence-corrected chi connectivity index (χ0v) is 11.2. The SMILES string of the molecule is CC(C)(C)OC(=O)NCC#Cc1c[nH]c(=O)c(N)c1. The molecule has 6 heteroatoms. The third kappa shape index (κ3) is 5.64. The highest BCUT2D eigenvalue weighted by Gasteiger charge is 2.14. The minimum atomic E-state index is -0.537. The summed E-state index contributed by atoms with van der Waals surface area (Å²) in [5.41, 5.74) is 5.23. The van der Waals surface area contributed by atoms with Crippen LogP contribution in [0.5, 0.6) is 0 Å². The molecule has 0 saturated carbocycles. The lowest BCUT2D eigenvalue weighted by atomic mass is 10.2. The number of alkyl carbamates (subject to hydrolysis) is 1. The van der Waals surface area contributed by atoms with Gasteiger partial charge in [-0.1, -0.05) is 11.8 Å². The molecule has 1 aromatic rings. The van der Waals surface area contributed by atoms with Gasteiger partial charge in [0.05, 0.1) is 12.2 Å². The molecule has 6 nitrogen and oxygen atoms in total. The second kappa shape index (κ2) is 5.96. The van der Waals surface area contributed by atoms with Crippen LogP contribution in [0.2, 0.25) is 0 Å². The normalized spacial score (nSPS) is 10.3. The Balaban J connectivity index is 2.50. The number of carbonyl (C=O) groups excluding carboxylic acids is 1. The number of H-pyrrole nitrogens is 1. The molecule has 0 aliphatic rings. The number of rotatable bonds is 1. The number of nitrogens with one attached hydrogen (secondary N) is 2. The van der Waals surface area contributed by atoms with Gasteiger partial charge in [0, 0.05) is 11.8 Å². The molecule has 19 heavy (non-hydrogen) atoms. The van der Waals surface area contributed by atoms with Crippen molar-refractivity contribution >= 4 is 11.8 Å². The number of aromatic nitrogens is 1. The van der Waals surface area contributed by atoms with Crippen molar-refractivity contribution in [3.63, 3.8) is 0 Å². The van der Waals surface area contributed by atoms with E-state index in [0.717, 1.165) is 0 Å². The van der Waals surface area contributed by atoms with Crippen LogP contribution >= 0.6 is 0 Å². The second-order valence-electron chi connectivity index (χ2n) is 4.83. The maximum absolute atomic E-state index is 11.3. The number of nitrogens with two attached hydrogens (primary N) is 1. The van der Waals surface area contributed by atoms with Gasteiger partial charge in [0.25, 0.3) is 5.56 Å². The summed E-state index contributed by atoms with van der Waals surface area (Å²) in [7, 11) is 0. The van der Waals surface area contributed by atoms with E-state index in [1.165, 1.54) is 12.3 Å². The number of ether oxygens (including phenoxy) is 1. The number of pyridine rings is 1. The van der Waals surface area contributed by atoms with Crippen LogP contribution in [0.15, 0.2) is 17.1 Å². The highest BCUT2D eigenvalue weighted by atomic mass is 16.6. The van der Waals surface area contributed by atoms with Gasteiger partial charge >= 0.3 is 6.09 Å². The fourth-order valence-electron chi connectivity index (χ4n) is 1.15. The first kappa shape index (κ1) is 14.6. The minimum absolute atomic E-state index is 0.104. The fourth-order valence-corrected chi connectivity index (χ4v) is 1.15. The first-order chi connectivity index (χ1) is 8.78. The van der Waals surface area contributed by atoms with Crippen LogP contribution in [0.4, 0.5) is 10.5 Å². The molecule has 4 N–H and O–H groups in total. The standard InChI is InChI=1S/C13H17N3O3/c1-13(2,3)19-12(18)15-6-4-5-9-7-10(14)11(17)16-8-9/h7-8H,6,14H2,1-3H3,(H,15,18)(H,16,17). The molecule has 1 aromatic heterocycles. The van der Waals surface area contributed by atoms with Crippen LogP contribution in [0.1, 0.15) is 26.3 Å². The first-order valence-corrected chi connectivity index (χ1v) is 5.72. The van der Waals surface area contributed by atoms with Crippen molar-refractivity contribution < 1.29 is 9.53 Å². The van der Waals surface area contributed by atoms with Gasteiger partial charge in [-0.05, 0) is 26.8 Å². The molecular weight excluding hydrogens is 246 g/mol. The van der Waals surface area contributed by atoms with E-state index in [1.54, 1.807) is 20.8 Å². The summed E-state index contributed by atoms with van der Waals surface area (Å²) in [5.74, 6) is 5.49. The molecular formula is C13H17N3O3. The van der Waals surface area contributed by atoms with Crippen LogP contribution in [-0.2, 0) is 4.74 Å². The van der Waals surface area contributed by atoms with E-state index in [9.17, 15) is 9.59 Å². The Morgan fingerprint density at radius 3 is 2.79 bits per heavy atom. The Labute approximate surface area is 111 Å². The fraction of sp³-hybridized carbons (Fsp3) is 0.385. The second-order valence-corrected chi connectivity index (χ2v) is 4.83. The number of hydrogen-bond donors (Lipinski definition) is 3. The van der Waals surface area contributed by atoms with Crippen molar-refractivity contribution in [2.45, 2.75) is 26.4 Å². The van der Waals surface area contributed by atoms with Crippen molar-refractivity contribution in [2.75, 3.05) is 12.3 Å². The molecule has 0 spiro atoms. The van der Waals surface area contributed by atoms with Gasteiger partial charge in [-0.25, -0.2) is 4.79 Å². The molecule has 0 aliphatic carbocycles. The van der Waals surface area contributed by atoms with Gasteiger partial charge in [-0.2, -0.15) is 0 Å². The van der Waals surface area contributed by atoms with Crippen LogP contribution in [-0.4, -0.2) is 23.2 Å². The molecule has 0 unspecified atom stereocenters. The van der Waals surface area contributed by atoms with Crippen LogP contribution in [0, 0.1) is 11.8 Å². The zero-order chi connectivity index (χ0) is 14.5. The number of hydrogen-bond acceptors (Lipinski definition) is 4. The summed E-state index contributed by atoms with van der Waals surface area (Å²) in [4.78, 5) is 24.8. The molecule has 1 heterocycles. The van der Waals surface area contributed by atoms with E-state index in [0.29, 0.717) is 5.56 Å². The Morgan fingerprint density at radius 2 is 2.21 bits per heavy atom. The van der Waals surface area contributed by atoms with E-state index in [-0.39, 0.29) is 17.8 Å². The number of nitrogen functional groups attached to an aromatic ring is 1. The van der Waals surface area contributed by atoms with Crippen LogP contribution in [0.25, 0.3) is 0 Å². The van der Waals surface area contributed by atoms with E-state index in [2.05, 4.69) is 22.1 Å². The predicted molar refractivity (Wildman–Crippen MR) is 72.6 cm³/mol. The van der Waals surface area contributed by atoms with Gasteiger partial charge < -0.3 is 20.8 Å². The van der Waals surface area contributed by atoms with E-state index < -0.39 is 11.7 Å². The Morgan fingerprint density at radius 1 is 1.53 bits per heavy atom. The molecule has 0 saturated heterocycles. The largest absolute Gasteiger partial charge is 0.444 e. The molecule has 0 radical (unpaired) electrons. The predicted octanol–water partition coefficient (Wildman–Crippen LogP) is 0.833. The quantitative estimate of drug-likeness (QED) is 0.654. The summed E-state index contributed by atoms with van der Waals surface area (Å²) in [5, 5.41) is 2.50. The summed E-state index contributed by atoms with van der Waals surface area (Å²) in [6.45, 7) is 5.48. The van der Waals surface area contributed by atoms with Crippen molar-refractivity contribution in [1.29, 1.82) is 0 Å². The van der Waals surface area contributed by atoms with Gasteiger partial charge in [0.1, 0.15) is 5.60 Å². The van der Waals surface area contributed by atoms with E-state index >= 15 is 0 Å². The summed E-state index contributed by atoms with van der Waals surface area (Å²) in [6.07, 6.45) is 0.932. The Hall–Kier alpha value is -2.42. The van der Waals surface area contributed by atoms with Crippen molar-refractivity contribution in [3.8, 4) is 11.8 Å². The smallest absolute Gasteiger partial charge is 0.408 e. The first-order valence-electron chi connectivity index (χ1n) is 5.72. The third-order valence-electron chi connectivity index (χ3n) is 1.88. The van der Waals surface area contributed by atoms with Crippen molar-refractivity contribution in [2.24, 2.45) is 0 Å². The lowest BCUT2D eigenvalue weighted by Gasteiger charge is -2.18. The summed E-state index contributed by atoms with van der Waals surface area (Å²) in [6, 6.07) is 1.47. The van der Waals surface area contributed by atoms with Crippen LogP contribution in [0.3, 0.4) is 0 Å². The average Bonchev–Trinajstić information content (AvgIpc) is 2.27. The number of carbonyl (C=O) groups is 1. The highest BCUT2D eigenvalue weighted by Crippen LogP contribution is 2.05. The Kier molecular flexibility index (Phi) is 4.59. The molecule has 0 bridgehead atoms. The van der Waals surface area contributed by atoms with Crippen molar-refractivity contribution in [1.82, 2.24) is 10.3 Å². The van der Waals surface area contributed by atoms with E-state index in [1.807, 2.05) is 0 Å². The van der Waals surface area contributed by atoms with Gasteiger partial charge in [-0.3, -0.25) is 4.79 Å². The summed E-state index contributed by atoms with van der Waals surface area (Å²) < 4.78 is 5.04. The summed E-state index contributed by atoms with van der Waals surface area (Å²) >= 11 is 0. The van der Waals surface area contributed by atoms with Crippen molar-refractivity contribution in [3.05, 3.63) is 28.2 Å². The topological polar surface area (TPSA) is 97.2 Å². The molecule has 0 atom stereocenters. The lowest BCUT2D eigenvalue weighted by Crippen LogP contribution is -2.32. The van der Waals surface area contributed by atoms with Crippen LogP contribution < -0.4 is 16.6 Å². The third-order valence-corrected chi connectivity index (χ3v) is 1.88. The maximum atomic E-state index is 11.3. The van der Waals surface area contributed by atoms with Gasteiger partial charge in [0.2, 0.25) is 0 Å². The van der Waals surface area contributed by atoms with Gasteiger partial charge in [-0.15, -0.1) is 0 Å². The van der Waals surface area contributed by atoms with Gasteiger partial charge in [0.15, 0.2) is 0 Å². The molecule has 1 rings (SSSR count).